The summed E-state index contributed by atoms with van der Waals surface area (Å²) in [4.78, 5) is 13.2. The molecule has 4 rings (SSSR count). The van der Waals surface area contributed by atoms with Gasteiger partial charge in [-0.3, -0.25) is 4.99 Å². The molecule has 3 heteroatoms. The molecular formula is C18H13N3. The lowest BCUT2D eigenvalue weighted by atomic mass is 9.99. The van der Waals surface area contributed by atoms with Gasteiger partial charge in [-0.15, -0.1) is 0 Å². The number of benzene rings is 2. The van der Waals surface area contributed by atoms with Crippen LogP contribution >= 0.6 is 0 Å². The Balaban J connectivity index is 1.82. The summed E-state index contributed by atoms with van der Waals surface area (Å²) in [6, 6.07) is 18.8. The second-order valence-electron chi connectivity index (χ2n) is 4.98. The normalized spacial score (nSPS) is 16.1. The van der Waals surface area contributed by atoms with Crippen LogP contribution in [0.1, 0.15) is 12.0 Å². The number of hydrogen-bond acceptors (Lipinski definition) is 3. The van der Waals surface area contributed by atoms with Crippen molar-refractivity contribution >= 4 is 24.0 Å². The Kier molecular flexibility index (Phi) is 2.82. The van der Waals surface area contributed by atoms with Crippen molar-refractivity contribution in [3.05, 3.63) is 65.9 Å². The van der Waals surface area contributed by atoms with Crippen LogP contribution in [0.2, 0.25) is 0 Å². The van der Waals surface area contributed by atoms with E-state index in [2.05, 4.69) is 63.5 Å². The van der Waals surface area contributed by atoms with Crippen molar-refractivity contribution in [2.45, 2.75) is 6.42 Å². The number of hydrogen-bond donors (Lipinski definition) is 0. The smallest absolute Gasteiger partial charge is 0.116 e. The maximum atomic E-state index is 4.54. The van der Waals surface area contributed by atoms with E-state index < -0.39 is 0 Å². The third-order valence-electron chi connectivity index (χ3n) is 3.65. The first kappa shape index (κ1) is 12.0. The summed E-state index contributed by atoms with van der Waals surface area (Å²) in [6.07, 6.45) is 4.28. The minimum absolute atomic E-state index is 0.761. The lowest BCUT2D eigenvalue weighted by Crippen LogP contribution is -2.06. The minimum atomic E-state index is 0.761. The topological polar surface area (TPSA) is 37.1 Å². The molecule has 0 saturated heterocycles. The first-order chi connectivity index (χ1) is 10.4. The fraction of sp³-hybridized carbons (Fsp3) is 0.0556. The van der Waals surface area contributed by atoms with E-state index in [9.17, 15) is 0 Å². The van der Waals surface area contributed by atoms with Crippen LogP contribution in [0.4, 0.5) is 0 Å². The monoisotopic (exact) mass is 271 g/mol. The third kappa shape index (κ3) is 2.13. The SMILES string of the molecule is C1=NC2=C(c3cccc(-c4ccccc4)c3)N=CCC2=N1. The number of fused-ring (bicyclic) bond motifs is 1. The second kappa shape index (κ2) is 4.94. The largest absolute Gasteiger partial charge is 0.258 e. The van der Waals surface area contributed by atoms with Crippen LogP contribution < -0.4 is 0 Å². The lowest BCUT2D eigenvalue weighted by molar-refractivity contribution is 1.36. The van der Waals surface area contributed by atoms with Gasteiger partial charge in [0.2, 0.25) is 0 Å². The fourth-order valence-electron chi connectivity index (χ4n) is 2.61. The summed E-state index contributed by atoms with van der Waals surface area (Å²) in [6.45, 7) is 0. The highest BCUT2D eigenvalue weighted by Gasteiger charge is 2.19. The molecule has 0 fully saturated rings. The van der Waals surface area contributed by atoms with Crippen molar-refractivity contribution in [3.63, 3.8) is 0 Å². The summed E-state index contributed by atoms with van der Waals surface area (Å²) >= 11 is 0. The molecule has 2 aliphatic rings. The molecule has 0 unspecified atom stereocenters. The van der Waals surface area contributed by atoms with Crippen molar-refractivity contribution in [2.24, 2.45) is 15.0 Å². The average molecular weight is 271 g/mol. The van der Waals surface area contributed by atoms with Crippen molar-refractivity contribution < 1.29 is 0 Å². The lowest BCUT2D eigenvalue weighted by Gasteiger charge is -2.12. The average Bonchev–Trinajstić information content (AvgIpc) is 3.04. The van der Waals surface area contributed by atoms with Gasteiger partial charge in [0.05, 0.1) is 11.4 Å². The van der Waals surface area contributed by atoms with Crippen LogP contribution in [0.5, 0.6) is 0 Å². The molecule has 0 aromatic heterocycles. The number of nitrogens with zero attached hydrogens (tertiary/aromatic N) is 3. The Hall–Kier alpha value is -2.81. The first-order valence-corrected chi connectivity index (χ1v) is 6.94. The maximum absolute atomic E-state index is 4.54. The van der Waals surface area contributed by atoms with Gasteiger partial charge in [-0.25, -0.2) is 9.98 Å². The van der Waals surface area contributed by atoms with E-state index in [0.717, 1.165) is 29.1 Å². The molecule has 0 atom stereocenters. The molecule has 0 radical (unpaired) electrons. The van der Waals surface area contributed by atoms with Crippen LogP contribution in [0, 0.1) is 0 Å². The van der Waals surface area contributed by atoms with Gasteiger partial charge in [0.1, 0.15) is 12.0 Å². The molecule has 2 aromatic rings. The van der Waals surface area contributed by atoms with Crippen LogP contribution in [0.15, 0.2) is 75.3 Å². The van der Waals surface area contributed by atoms with E-state index in [4.69, 9.17) is 0 Å². The molecule has 0 saturated carbocycles. The quantitative estimate of drug-likeness (QED) is 0.792. The molecule has 0 aliphatic carbocycles. The highest BCUT2D eigenvalue weighted by molar-refractivity contribution is 6.19. The molecule has 0 bridgehead atoms. The predicted octanol–water partition coefficient (Wildman–Crippen LogP) is 3.98. The summed E-state index contributed by atoms with van der Waals surface area (Å²) in [7, 11) is 0. The summed E-state index contributed by atoms with van der Waals surface area (Å²) in [5.74, 6) is 0. The van der Waals surface area contributed by atoms with E-state index in [0.29, 0.717) is 0 Å². The van der Waals surface area contributed by atoms with E-state index in [1.165, 1.54) is 11.1 Å². The van der Waals surface area contributed by atoms with Crippen molar-refractivity contribution in [1.82, 2.24) is 0 Å². The minimum Gasteiger partial charge on any atom is -0.258 e. The van der Waals surface area contributed by atoms with Crippen molar-refractivity contribution in [2.75, 3.05) is 0 Å². The molecular weight excluding hydrogens is 258 g/mol. The van der Waals surface area contributed by atoms with Gasteiger partial charge in [0, 0.05) is 18.2 Å². The van der Waals surface area contributed by atoms with Crippen molar-refractivity contribution in [1.29, 1.82) is 0 Å². The summed E-state index contributed by atoms with van der Waals surface area (Å²) < 4.78 is 0. The van der Waals surface area contributed by atoms with Gasteiger partial charge >= 0.3 is 0 Å². The molecule has 0 spiro atoms. The molecule has 2 heterocycles. The Morgan fingerprint density at radius 2 is 1.52 bits per heavy atom. The highest BCUT2D eigenvalue weighted by atomic mass is 15.0. The maximum Gasteiger partial charge on any atom is 0.116 e. The van der Waals surface area contributed by atoms with Gasteiger partial charge in [0.25, 0.3) is 0 Å². The Morgan fingerprint density at radius 3 is 2.43 bits per heavy atom. The Labute approximate surface area is 123 Å². The summed E-state index contributed by atoms with van der Waals surface area (Å²) in [5, 5.41) is 0. The first-order valence-electron chi connectivity index (χ1n) is 6.94. The Bertz CT molecular complexity index is 811. The zero-order valence-corrected chi connectivity index (χ0v) is 11.4. The van der Waals surface area contributed by atoms with Crippen molar-refractivity contribution in [3.8, 4) is 11.1 Å². The van der Waals surface area contributed by atoms with Crippen LogP contribution in [0.3, 0.4) is 0 Å². The molecule has 2 aliphatic heterocycles. The number of aliphatic imine (C=N–C) groups is 3. The van der Waals surface area contributed by atoms with Gasteiger partial charge in [-0.1, -0.05) is 48.5 Å². The molecule has 100 valence electrons. The molecule has 0 amide bonds. The van der Waals surface area contributed by atoms with Crippen LogP contribution in [-0.2, 0) is 0 Å². The van der Waals surface area contributed by atoms with E-state index >= 15 is 0 Å². The third-order valence-corrected chi connectivity index (χ3v) is 3.65. The molecule has 0 N–H and O–H groups in total. The zero-order valence-electron chi connectivity index (χ0n) is 11.4. The van der Waals surface area contributed by atoms with Crippen LogP contribution in [0.25, 0.3) is 16.8 Å². The predicted molar refractivity (Wildman–Crippen MR) is 87.8 cm³/mol. The van der Waals surface area contributed by atoms with E-state index in [1.54, 1.807) is 6.34 Å². The Morgan fingerprint density at radius 1 is 0.714 bits per heavy atom. The number of allylic oxidation sites excluding steroid dienone is 1. The van der Waals surface area contributed by atoms with E-state index in [1.807, 2.05) is 12.3 Å². The van der Waals surface area contributed by atoms with Crippen LogP contribution in [-0.4, -0.2) is 18.3 Å². The highest BCUT2D eigenvalue weighted by Crippen LogP contribution is 2.30. The molecule has 21 heavy (non-hydrogen) atoms. The number of rotatable bonds is 2. The zero-order chi connectivity index (χ0) is 14.1. The van der Waals surface area contributed by atoms with Gasteiger partial charge in [-0.2, -0.15) is 0 Å². The van der Waals surface area contributed by atoms with Gasteiger partial charge < -0.3 is 0 Å². The summed E-state index contributed by atoms with van der Waals surface area (Å²) in [5.41, 5.74) is 6.28. The molecule has 3 nitrogen and oxygen atoms in total. The molecule has 2 aromatic carbocycles. The van der Waals surface area contributed by atoms with Gasteiger partial charge in [-0.05, 0) is 17.2 Å². The van der Waals surface area contributed by atoms with Gasteiger partial charge in [0.15, 0.2) is 0 Å². The fourth-order valence-corrected chi connectivity index (χ4v) is 2.61. The second-order valence-corrected chi connectivity index (χ2v) is 4.98. The van der Waals surface area contributed by atoms with E-state index in [-0.39, 0.29) is 0 Å². The standard InChI is InChI=1S/C18H13N3/c1-2-5-13(6-3-1)14-7-4-8-15(11-14)17-18-16(9-10-19-17)20-12-21-18/h1-8,10-12H,9H2.